The van der Waals surface area contributed by atoms with Gasteiger partial charge in [-0.15, -0.1) is 0 Å². The lowest BCUT2D eigenvalue weighted by Gasteiger charge is -2.09. The fourth-order valence-electron chi connectivity index (χ4n) is 1.60. The van der Waals surface area contributed by atoms with Crippen molar-refractivity contribution in [2.75, 3.05) is 0 Å². The van der Waals surface area contributed by atoms with Crippen LogP contribution in [-0.2, 0) is 0 Å². The summed E-state index contributed by atoms with van der Waals surface area (Å²) in [4.78, 5) is 23.9. The molecule has 8 heteroatoms. The van der Waals surface area contributed by atoms with Crippen LogP contribution in [0.2, 0.25) is 20.1 Å². The van der Waals surface area contributed by atoms with Crippen LogP contribution in [0, 0.1) is 0 Å². The van der Waals surface area contributed by atoms with E-state index in [4.69, 9.17) is 46.4 Å². The highest BCUT2D eigenvalue weighted by Crippen LogP contribution is 2.22. The number of hydrogen-bond acceptors (Lipinski definition) is 2. The molecular weight excluding hydrogens is 370 g/mol. The minimum Gasteiger partial charge on any atom is -0.267 e. The van der Waals surface area contributed by atoms with Crippen molar-refractivity contribution >= 4 is 58.2 Å². The Morgan fingerprint density at radius 1 is 0.682 bits per heavy atom. The van der Waals surface area contributed by atoms with Crippen molar-refractivity contribution in [2.24, 2.45) is 0 Å². The summed E-state index contributed by atoms with van der Waals surface area (Å²) in [5.74, 6) is -1.17. The molecule has 0 aliphatic carbocycles. The van der Waals surface area contributed by atoms with E-state index in [9.17, 15) is 9.59 Å². The molecule has 0 saturated carbocycles. The van der Waals surface area contributed by atoms with Gasteiger partial charge >= 0.3 is 0 Å². The molecule has 0 bridgehead atoms. The van der Waals surface area contributed by atoms with Crippen LogP contribution in [0.4, 0.5) is 0 Å². The van der Waals surface area contributed by atoms with Crippen molar-refractivity contribution in [3.05, 3.63) is 67.6 Å². The largest absolute Gasteiger partial charge is 0.271 e. The van der Waals surface area contributed by atoms with Crippen molar-refractivity contribution in [3.63, 3.8) is 0 Å². The summed E-state index contributed by atoms with van der Waals surface area (Å²) in [6.07, 6.45) is 0. The number of amides is 2. The topological polar surface area (TPSA) is 58.2 Å². The van der Waals surface area contributed by atoms with E-state index in [0.717, 1.165) is 0 Å². The first kappa shape index (κ1) is 16.9. The number of rotatable bonds is 2. The van der Waals surface area contributed by atoms with Crippen LogP contribution in [0.3, 0.4) is 0 Å². The van der Waals surface area contributed by atoms with Gasteiger partial charge in [-0.2, -0.15) is 0 Å². The zero-order valence-electron chi connectivity index (χ0n) is 10.8. The molecule has 0 saturated heterocycles. The predicted octanol–water partition coefficient (Wildman–Crippen LogP) is 4.38. The summed E-state index contributed by atoms with van der Waals surface area (Å²) in [6, 6.07) is 8.77. The minimum absolute atomic E-state index is 0.170. The van der Waals surface area contributed by atoms with E-state index in [2.05, 4.69) is 10.9 Å². The number of benzene rings is 2. The van der Waals surface area contributed by atoms with Gasteiger partial charge in [0.15, 0.2) is 0 Å². The molecule has 0 aliphatic heterocycles. The van der Waals surface area contributed by atoms with Gasteiger partial charge in [-0.25, -0.2) is 0 Å². The van der Waals surface area contributed by atoms with Gasteiger partial charge < -0.3 is 0 Å². The molecule has 2 aromatic carbocycles. The first-order valence-electron chi connectivity index (χ1n) is 5.89. The Balaban J connectivity index is 2.06. The van der Waals surface area contributed by atoms with Crippen molar-refractivity contribution in [1.82, 2.24) is 10.9 Å². The number of carbonyl (C=O) groups excluding carboxylic acids is 2. The van der Waals surface area contributed by atoms with Crippen LogP contribution < -0.4 is 10.9 Å². The van der Waals surface area contributed by atoms with Crippen LogP contribution in [-0.4, -0.2) is 11.8 Å². The molecule has 114 valence electrons. The fourth-order valence-corrected chi connectivity index (χ4v) is 2.58. The number of hydrazine groups is 1. The molecule has 0 unspecified atom stereocenters. The van der Waals surface area contributed by atoms with E-state index in [0.29, 0.717) is 10.0 Å². The summed E-state index contributed by atoms with van der Waals surface area (Å²) in [7, 11) is 0. The van der Waals surface area contributed by atoms with Gasteiger partial charge in [-0.1, -0.05) is 46.4 Å². The lowest BCUT2D eigenvalue weighted by atomic mass is 10.2. The van der Waals surface area contributed by atoms with Gasteiger partial charge in [0.25, 0.3) is 11.8 Å². The van der Waals surface area contributed by atoms with Crippen LogP contribution in [0.5, 0.6) is 0 Å². The van der Waals surface area contributed by atoms with Crippen LogP contribution in [0.15, 0.2) is 36.4 Å². The number of carbonyl (C=O) groups is 2. The normalized spacial score (nSPS) is 10.2. The maximum absolute atomic E-state index is 11.9. The number of nitrogens with one attached hydrogen (secondary N) is 2. The van der Waals surface area contributed by atoms with E-state index in [1.54, 1.807) is 0 Å². The molecule has 0 aromatic heterocycles. The van der Waals surface area contributed by atoms with Gasteiger partial charge in [0.05, 0.1) is 21.2 Å². The van der Waals surface area contributed by atoms with Gasteiger partial charge in [0.2, 0.25) is 0 Å². The Kier molecular flexibility index (Phi) is 5.53. The van der Waals surface area contributed by atoms with Crippen molar-refractivity contribution in [3.8, 4) is 0 Å². The van der Waals surface area contributed by atoms with Crippen molar-refractivity contribution in [1.29, 1.82) is 0 Å². The molecule has 2 amide bonds. The van der Waals surface area contributed by atoms with Crippen LogP contribution in [0.1, 0.15) is 20.7 Å². The molecule has 0 heterocycles. The summed E-state index contributed by atoms with van der Waals surface area (Å²) >= 11 is 23.3. The molecule has 0 fully saturated rings. The van der Waals surface area contributed by atoms with E-state index in [-0.39, 0.29) is 21.2 Å². The van der Waals surface area contributed by atoms with E-state index < -0.39 is 11.8 Å². The number of halogens is 4. The third-order valence-electron chi connectivity index (χ3n) is 2.64. The molecule has 0 radical (unpaired) electrons. The summed E-state index contributed by atoms with van der Waals surface area (Å²) in [5.41, 5.74) is 4.83. The minimum atomic E-state index is -0.583. The second-order valence-corrected chi connectivity index (χ2v) is 5.84. The number of hydrogen-bond donors (Lipinski definition) is 2. The Morgan fingerprint density at radius 3 is 1.36 bits per heavy atom. The molecule has 22 heavy (non-hydrogen) atoms. The first-order chi connectivity index (χ1) is 10.4. The highest BCUT2D eigenvalue weighted by atomic mass is 35.5. The maximum atomic E-state index is 11.9. The molecule has 2 aromatic rings. The summed E-state index contributed by atoms with van der Waals surface area (Å²) < 4.78 is 0. The smallest absolute Gasteiger partial charge is 0.267 e. The summed E-state index contributed by atoms with van der Waals surface area (Å²) in [6.45, 7) is 0. The molecule has 0 spiro atoms. The van der Waals surface area contributed by atoms with Crippen molar-refractivity contribution in [2.45, 2.75) is 0 Å². The standard InChI is InChI=1S/C14H8Cl4N2O2/c15-7-1-3-9(11(17)5-7)13(21)19-20-14(22)10-4-2-8(16)6-12(10)18/h1-6H,(H,19,21)(H,20,22). The van der Waals surface area contributed by atoms with Crippen LogP contribution in [0.25, 0.3) is 0 Å². The maximum Gasteiger partial charge on any atom is 0.271 e. The predicted molar refractivity (Wildman–Crippen MR) is 87.9 cm³/mol. The third-order valence-corrected chi connectivity index (χ3v) is 3.74. The van der Waals surface area contributed by atoms with Gasteiger partial charge in [0, 0.05) is 10.0 Å². The van der Waals surface area contributed by atoms with Gasteiger partial charge in [0.1, 0.15) is 0 Å². The van der Waals surface area contributed by atoms with Gasteiger partial charge in [-0.05, 0) is 36.4 Å². The summed E-state index contributed by atoms with van der Waals surface area (Å²) in [5, 5.41) is 1.14. The molecular formula is C14H8Cl4N2O2. The third kappa shape index (κ3) is 4.05. The molecule has 4 nitrogen and oxygen atoms in total. The van der Waals surface area contributed by atoms with E-state index in [1.807, 2.05) is 0 Å². The van der Waals surface area contributed by atoms with Gasteiger partial charge in [-0.3, -0.25) is 20.4 Å². The highest BCUT2D eigenvalue weighted by Gasteiger charge is 2.14. The zero-order chi connectivity index (χ0) is 16.3. The Labute approximate surface area is 146 Å². The monoisotopic (exact) mass is 376 g/mol. The molecule has 2 rings (SSSR count). The van der Waals surface area contributed by atoms with Crippen LogP contribution >= 0.6 is 46.4 Å². The Bertz CT molecular complexity index is 686. The Morgan fingerprint density at radius 2 is 1.05 bits per heavy atom. The van der Waals surface area contributed by atoms with Crippen molar-refractivity contribution < 1.29 is 9.59 Å². The average Bonchev–Trinajstić information content (AvgIpc) is 2.44. The quantitative estimate of drug-likeness (QED) is 0.763. The average molecular weight is 378 g/mol. The second-order valence-electron chi connectivity index (χ2n) is 4.16. The Hall–Kier alpha value is -1.46. The SMILES string of the molecule is O=C(NNC(=O)c1ccc(Cl)cc1Cl)c1ccc(Cl)cc1Cl. The molecule has 0 atom stereocenters. The zero-order valence-corrected chi connectivity index (χ0v) is 13.8. The first-order valence-corrected chi connectivity index (χ1v) is 7.40. The van der Waals surface area contributed by atoms with E-state index >= 15 is 0 Å². The molecule has 0 aliphatic rings. The lowest BCUT2D eigenvalue weighted by Crippen LogP contribution is -2.41. The highest BCUT2D eigenvalue weighted by molar-refractivity contribution is 6.37. The van der Waals surface area contributed by atoms with E-state index in [1.165, 1.54) is 36.4 Å². The fraction of sp³-hybridized carbons (Fsp3) is 0. The second kappa shape index (κ2) is 7.20. The lowest BCUT2D eigenvalue weighted by molar-refractivity contribution is 0.0847. The molecule has 2 N–H and O–H groups in total.